The van der Waals surface area contributed by atoms with E-state index in [2.05, 4.69) is 27.3 Å². The monoisotopic (exact) mass is 483 g/mol. The lowest BCUT2D eigenvalue weighted by Crippen LogP contribution is -2.38. The molecule has 0 radical (unpaired) electrons. The summed E-state index contributed by atoms with van der Waals surface area (Å²) < 4.78 is 4.92. The Morgan fingerprint density at radius 1 is 0.972 bits per heavy atom. The summed E-state index contributed by atoms with van der Waals surface area (Å²) in [6, 6.07) is 16.8. The minimum Gasteiger partial charge on any atom is -0.465 e. The number of hydrogen-bond donors (Lipinski definition) is 1. The van der Waals surface area contributed by atoms with E-state index >= 15 is 0 Å². The highest BCUT2D eigenvalue weighted by molar-refractivity contribution is 6.06. The van der Waals surface area contributed by atoms with Crippen molar-refractivity contribution in [2.24, 2.45) is 5.92 Å². The maximum absolute atomic E-state index is 13.0. The van der Waals surface area contributed by atoms with Gasteiger partial charge in [0.15, 0.2) is 0 Å². The topological polar surface area (TPSA) is 71.5 Å². The van der Waals surface area contributed by atoms with Gasteiger partial charge in [0.05, 0.1) is 18.2 Å². The molecule has 3 aromatic rings. The third-order valence-corrected chi connectivity index (χ3v) is 8.61. The van der Waals surface area contributed by atoms with Gasteiger partial charge in [-0.15, -0.1) is 0 Å². The summed E-state index contributed by atoms with van der Waals surface area (Å²) in [6.45, 7) is 1.10. The van der Waals surface area contributed by atoms with E-state index in [9.17, 15) is 9.59 Å². The summed E-state index contributed by atoms with van der Waals surface area (Å²) in [5.74, 6) is 0.455. The van der Waals surface area contributed by atoms with Crippen LogP contribution in [0.25, 0.3) is 10.9 Å². The molecule has 6 rings (SSSR count). The summed E-state index contributed by atoms with van der Waals surface area (Å²) in [6.07, 6.45) is 9.72. The Bertz CT molecular complexity index is 1290. The molecule has 186 valence electrons. The highest BCUT2D eigenvalue weighted by Gasteiger charge is 2.43. The van der Waals surface area contributed by atoms with Gasteiger partial charge in [0.1, 0.15) is 0 Å². The van der Waals surface area contributed by atoms with Crippen LogP contribution in [0.5, 0.6) is 0 Å². The predicted molar refractivity (Wildman–Crippen MR) is 139 cm³/mol. The van der Waals surface area contributed by atoms with Crippen LogP contribution < -0.4 is 5.32 Å². The zero-order valence-corrected chi connectivity index (χ0v) is 20.8. The third kappa shape index (κ3) is 4.17. The van der Waals surface area contributed by atoms with Crippen LogP contribution in [0.4, 0.5) is 0 Å². The standard InChI is InChI=1S/C30H33N3O3/c1-36-30(35)20-9-12-23-25(18-20)28-14-13-27(23)33(28)17-15-19-7-10-21(11-8-19)32-29(34)24-4-2-6-26-22(24)5-3-16-31-26/h2-6,9,12,16,18-19,21,27-28H,7-8,10-11,13-15,17H2,1H3,(H,32,34)/t19-,21-,27-,28+/m0/s1. The lowest BCUT2D eigenvalue weighted by atomic mass is 9.84. The molecule has 1 saturated carbocycles. The fraction of sp³-hybridized carbons (Fsp3) is 0.433. The summed E-state index contributed by atoms with van der Waals surface area (Å²) in [5.41, 5.74) is 4.94. The lowest BCUT2D eigenvalue weighted by molar-refractivity contribution is 0.0600. The van der Waals surface area contributed by atoms with Crippen molar-refractivity contribution in [2.75, 3.05) is 13.7 Å². The van der Waals surface area contributed by atoms with E-state index in [1.165, 1.54) is 37.5 Å². The van der Waals surface area contributed by atoms with E-state index in [-0.39, 0.29) is 17.9 Å². The first kappa shape index (κ1) is 23.2. The van der Waals surface area contributed by atoms with Gasteiger partial charge >= 0.3 is 5.97 Å². The molecule has 3 aliphatic rings. The Morgan fingerprint density at radius 2 is 1.78 bits per heavy atom. The van der Waals surface area contributed by atoms with E-state index in [4.69, 9.17) is 4.74 Å². The van der Waals surface area contributed by atoms with Crippen LogP contribution in [0.2, 0.25) is 0 Å². The number of hydrogen-bond acceptors (Lipinski definition) is 5. The molecule has 3 heterocycles. The molecule has 36 heavy (non-hydrogen) atoms. The number of aromatic nitrogens is 1. The number of nitrogens with one attached hydrogen (secondary N) is 1. The molecule has 1 amide bonds. The van der Waals surface area contributed by atoms with Crippen LogP contribution in [0, 0.1) is 5.92 Å². The first-order valence-corrected chi connectivity index (χ1v) is 13.2. The first-order valence-electron chi connectivity index (χ1n) is 13.2. The van der Waals surface area contributed by atoms with Crippen LogP contribution in [-0.2, 0) is 4.74 Å². The molecule has 1 saturated heterocycles. The number of esters is 1. The molecular weight excluding hydrogens is 450 g/mol. The largest absolute Gasteiger partial charge is 0.465 e. The Morgan fingerprint density at radius 3 is 2.58 bits per heavy atom. The van der Waals surface area contributed by atoms with Crippen molar-refractivity contribution in [1.82, 2.24) is 15.2 Å². The minimum atomic E-state index is -0.256. The van der Waals surface area contributed by atoms with E-state index in [0.29, 0.717) is 29.1 Å². The molecule has 0 spiro atoms. The van der Waals surface area contributed by atoms with Gasteiger partial charge < -0.3 is 10.1 Å². The van der Waals surface area contributed by atoms with Gasteiger partial charge in [0, 0.05) is 35.3 Å². The van der Waals surface area contributed by atoms with Gasteiger partial charge in [-0.25, -0.2) is 4.79 Å². The molecule has 2 atom stereocenters. The molecular formula is C30H33N3O3. The van der Waals surface area contributed by atoms with Crippen LogP contribution >= 0.6 is 0 Å². The van der Waals surface area contributed by atoms with Crippen molar-refractivity contribution in [3.63, 3.8) is 0 Å². The summed E-state index contributed by atoms with van der Waals surface area (Å²) in [7, 11) is 1.44. The van der Waals surface area contributed by atoms with Crippen LogP contribution in [0.1, 0.15) is 88.9 Å². The van der Waals surface area contributed by atoms with Crippen molar-refractivity contribution in [3.8, 4) is 0 Å². The smallest absolute Gasteiger partial charge is 0.337 e. The van der Waals surface area contributed by atoms with Gasteiger partial charge in [-0.05, 0) is 98.9 Å². The van der Waals surface area contributed by atoms with Crippen LogP contribution in [-0.4, -0.2) is 41.5 Å². The second-order valence-corrected chi connectivity index (χ2v) is 10.5. The molecule has 2 aromatic carbocycles. The predicted octanol–water partition coefficient (Wildman–Crippen LogP) is 5.59. The molecule has 1 N–H and O–H groups in total. The number of carbonyl (C=O) groups excluding carboxylic acids is 2. The zero-order valence-electron chi connectivity index (χ0n) is 20.8. The van der Waals surface area contributed by atoms with E-state index < -0.39 is 0 Å². The Kier molecular flexibility index (Phi) is 6.22. The lowest BCUT2D eigenvalue weighted by Gasteiger charge is -2.31. The Hall–Kier alpha value is -3.25. The minimum absolute atomic E-state index is 0.00906. The van der Waals surface area contributed by atoms with Gasteiger partial charge in [-0.1, -0.05) is 18.2 Å². The SMILES string of the molecule is COC(=O)c1ccc2c(c1)[C@H]1CC[C@@H]2N1CC[C@H]1CC[C@H](NC(=O)c2cccc3ncccc23)CC1. The number of methoxy groups -OCH3 is 1. The molecule has 2 fully saturated rings. The number of nitrogens with zero attached hydrogens (tertiary/aromatic N) is 2. The maximum Gasteiger partial charge on any atom is 0.337 e. The van der Waals surface area contributed by atoms with Crippen molar-refractivity contribution in [1.29, 1.82) is 0 Å². The molecule has 0 unspecified atom stereocenters. The average Bonchev–Trinajstić information content (AvgIpc) is 3.47. The van der Waals surface area contributed by atoms with E-state index in [0.717, 1.165) is 43.1 Å². The van der Waals surface area contributed by atoms with Crippen molar-refractivity contribution < 1.29 is 14.3 Å². The fourth-order valence-corrected chi connectivity index (χ4v) is 6.75. The quantitative estimate of drug-likeness (QED) is 0.463. The molecule has 1 aromatic heterocycles. The van der Waals surface area contributed by atoms with E-state index in [1.54, 1.807) is 6.20 Å². The molecule has 2 bridgehead atoms. The third-order valence-electron chi connectivity index (χ3n) is 8.61. The summed E-state index contributed by atoms with van der Waals surface area (Å²) >= 11 is 0. The molecule has 6 heteroatoms. The second-order valence-electron chi connectivity index (χ2n) is 10.5. The van der Waals surface area contributed by atoms with Crippen molar-refractivity contribution in [3.05, 3.63) is 77.0 Å². The Labute approximate surface area is 212 Å². The zero-order chi connectivity index (χ0) is 24.6. The summed E-state index contributed by atoms with van der Waals surface area (Å²) in [5, 5.41) is 4.19. The molecule has 6 nitrogen and oxygen atoms in total. The number of fused-ring (bicyclic) bond motifs is 6. The molecule has 1 aliphatic carbocycles. The van der Waals surface area contributed by atoms with Gasteiger partial charge in [0.25, 0.3) is 5.91 Å². The Balaban J connectivity index is 1.02. The highest BCUT2D eigenvalue weighted by atomic mass is 16.5. The van der Waals surface area contributed by atoms with Crippen LogP contribution in [0.3, 0.4) is 0 Å². The van der Waals surface area contributed by atoms with Crippen molar-refractivity contribution >= 4 is 22.8 Å². The van der Waals surface area contributed by atoms with Gasteiger partial charge in [0.2, 0.25) is 0 Å². The number of carbonyl (C=O) groups is 2. The fourth-order valence-electron chi connectivity index (χ4n) is 6.75. The highest BCUT2D eigenvalue weighted by Crippen LogP contribution is 2.53. The normalized spacial score (nSPS) is 25.0. The number of amides is 1. The van der Waals surface area contributed by atoms with Crippen molar-refractivity contribution in [2.45, 2.75) is 63.1 Å². The average molecular weight is 484 g/mol. The van der Waals surface area contributed by atoms with Gasteiger partial charge in [-0.2, -0.15) is 0 Å². The van der Waals surface area contributed by atoms with Gasteiger partial charge in [-0.3, -0.25) is 14.7 Å². The summed E-state index contributed by atoms with van der Waals surface area (Å²) in [4.78, 5) is 32.0. The number of rotatable bonds is 6. The number of ether oxygens (including phenoxy) is 1. The van der Waals surface area contributed by atoms with Crippen LogP contribution in [0.15, 0.2) is 54.7 Å². The maximum atomic E-state index is 13.0. The molecule has 2 aliphatic heterocycles. The second kappa shape index (κ2) is 9.66. The first-order chi connectivity index (χ1) is 17.6. The number of benzene rings is 2. The number of pyridine rings is 1. The van der Waals surface area contributed by atoms with E-state index in [1.807, 2.05) is 36.4 Å².